The van der Waals surface area contributed by atoms with Crippen LogP contribution in [0.1, 0.15) is 11.3 Å². The SMILES string of the molecule is Cc1ccccc1S(=O)(=O)N1CCN(c2nc3ccccc3nc2C(F)(F)F)CC1. The molecule has 2 aromatic carbocycles. The molecule has 0 unspecified atom stereocenters. The van der Waals surface area contributed by atoms with Crippen molar-refractivity contribution in [3.05, 3.63) is 59.8 Å². The van der Waals surface area contributed by atoms with Crippen molar-refractivity contribution in [2.75, 3.05) is 31.1 Å². The number of piperazine rings is 1. The summed E-state index contributed by atoms with van der Waals surface area (Å²) < 4.78 is 68.1. The molecule has 0 saturated carbocycles. The first-order valence-corrected chi connectivity index (χ1v) is 10.8. The first-order valence-electron chi connectivity index (χ1n) is 9.32. The minimum absolute atomic E-state index is 0.0580. The van der Waals surface area contributed by atoms with Gasteiger partial charge in [-0.1, -0.05) is 30.3 Å². The van der Waals surface area contributed by atoms with E-state index in [9.17, 15) is 21.6 Å². The number of hydrogen-bond donors (Lipinski definition) is 0. The molecule has 1 fully saturated rings. The summed E-state index contributed by atoms with van der Waals surface area (Å²) in [5.74, 6) is -0.269. The van der Waals surface area contributed by atoms with Crippen LogP contribution in [0.3, 0.4) is 0 Å². The number of para-hydroxylation sites is 2. The summed E-state index contributed by atoms with van der Waals surface area (Å²) in [6.45, 7) is 2.00. The van der Waals surface area contributed by atoms with Gasteiger partial charge in [-0.2, -0.15) is 17.5 Å². The van der Waals surface area contributed by atoms with Gasteiger partial charge < -0.3 is 4.90 Å². The predicted molar refractivity (Wildman–Crippen MR) is 107 cm³/mol. The highest BCUT2D eigenvalue weighted by Gasteiger charge is 2.40. The van der Waals surface area contributed by atoms with E-state index in [0.717, 1.165) is 0 Å². The number of benzene rings is 2. The third-order valence-corrected chi connectivity index (χ3v) is 7.13. The topological polar surface area (TPSA) is 66.4 Å². The summed E-state index contributed by atoms with van der Waals surface area (Å²) in [6, 6.07) is 13.0. The second-order valence-electron chi connectivity index (χ2n) is 7.04. The van der Waals surface area contributed by atoms with Gasteiger partial charge in [0.25, 0.3) is 0 Å². The van der Waals surface area contributed by atoms with E-state index in [1.165, 1.54) is 21.3 Å². The lowest BCUT2D eigenvalue weighted by atomic mass is 10.2. The molecule has 30 heavy (non-hydrogen) atoms. The van der Waals surface area contributed by atoms with Crippen molar-refractivity contribution in [3.8, 4) is 0 Å². The molecular formula is C20H19F3N4O2S. The van der Waals surface area contributed by atoms with Crippen LogP contribution < -0.4 is 4.90 Å². The zero-order valence-corrected chi connectivity index (χ0v) is 16.9. The lowest BCUT2D eigenvalue weighted by molar-refractivity contribution is -0.140. The van der Waals surface area contributed by atoms with Crippen LogP contribution in [0.2, 0.25) is 0 Å². The van der Waals surface area contributed by atoms with Gasteiger partial charge in [0.15, 0.2) is 11.5 Å². The fourth-order valence-corrected chi connectivity index (χ4v) is 5.17. The summed E-state index contributed by atoms with van der Waals surface area (Å²) in [5, 5.41) is 0. The van der Waals surface area contributed by atoms with E-state index >= 15 is 0 Å². The Kier molecular flexibility index (Phi) is 5.15. The molecule has 0 amide bonds. The standard InChI is InChI=1S/C20H19F3N4O2S/c1-14-6-2-5-9-17(14)30(28,29)27-12-10-26(11-13-27)19-18(20(21,22)23)24-15-7-3-4-8-16(15)25-19/h2-9H,10-13H2,1H3. The van der Waals surface area contributed by atoms with Gasteiger partial charge in [0, 0.05) is 26.2 Å². The Bertz CT molecular complexity index is 1190. The molecule has 0 bridgehead atoms. The smallest absolute Gasteiger partial charge is 0.352 e. The minimum Gasteiger partial charge on any atom is -0.352 e. The number of halogens is 3. The van der Waals surface area contributed by atoms with Gasteiger partial charge in [-0.15, -0.1) is 0 Å². The van der Waals surface area contributed by atoms with Crippen molar-refractivity contribution in [2.24, 2.45) is 0 Å². The lowest BCUT2D eigenvalue weighted by Crippen LogP contribution is -2.49. The number of aromatic nitrogens is 2. The first-order chi connectivity index (χ1) is 14.2. The van der Waals surface area contributed by atoms with E-state index in [4.69, 9.17) is 0 Å². The van der Waals surface area contributed by atoms with Gasteiger partial charge in [-0.3, -0.25) is 0 Å². The average Bonchev–Trinajstić information content (AvgIpc) is 2.72. The number of alkyl halides is 3. The van der Waals surface area contributed by atoms with Gasteiger partial charge in [-0.05, 0) is 30.7 Å². The van der Waals surface area contributed by atoms with E-state index in [1.807, 2.05) is 0 Å². The predicted octanol–water partition coefficient (Wildman–Crippen LogP) is 3.47. The molecule has 0 radical (unpaired) electrons. The Hall–Kier alpha value is -2.72. The van der Waals surface area contributed by atoms with Crippen LogP contribution in [0.4, 0.5) is 19.0 Å². The summed E-state index contributed by atoms with van der Waals surface area (Å²) in [5.41, 5.74) is 0.0842. The maximum atomic E-state index is 13.6. The highest BCUT2D eigenvalue weighted by Crippen LogP contribution is 2.36. The van der Waals surface area contributed by atoms with Crippen LogP contribution in [0.15, 0.2) is 53.4 Å². The quantitative estimate of drug-likeness (QED) is 0.629. The molecule has 158 valence electrons. The molecule has 0 atom stereocenters. The zero-order valence-electron chi connectivity index (χ0n) is 16.1. The van der Waals surface area contributed by atoms with Crippen LogP contribution in [-0.2, 0) is 16.2 Å². The van der Waals surface area contributed by atoms with Crippen molar-refractivity contribution < 1.29 is 21.6 Å². The van der Waals surface area contributed by atoms with Gasteiger partial charge in [0.05, 0.1) is 15.9 Å². The van der Waals surface area contributed by atoms with Crippen molar-refractivity contribution >= 4 is 26.9 Å². The number of fused-ring (bicyclic) bond motifs is 1. The largest absolute Gasteiger partial charge is 0.437 e. The van der Waals surface area contributed by atoms with Crippen molar-refractivity contribution in [2.45, 2.75) is 18.0 Å². The van der Waals surface area contributed by atoms with Crippen LogP contribution >= 0.6 is 0 Å². The number of sulfonamides is 1. The molecule has 10 heteroatoms. The maximum Gasteiger partial charge on any atom is 0.437 e. The molecular weight excluding hydrogens is 417 g/mol. The Morgan fingerprint density at radius 1 is 0.867 bits per heavy atom. The maximum absolute atomic E-state index is 13.6. The van der Waals surface area contributed by atoms with E-state index in [2.05, 4.69) is 9.97 Å². The van der Waals surface area contributed by atoms with Crippen LogP contribution in [0, 0.1) is 6.92 Å². The van der Waals surface area contributed by atoms with E-state index in [-0.39, 0.29) is 42.4 Å². The fourth-order valence-electron chi connectivity index (χ4n) is 3.53. The van der Waals surface area contributed by atoms with Crippen LogP contribution in [0.25, 0.3) is 11.0 Å². The normalized spacial score (nSPS) is 16.2. The average molecular weight is 436 g/mol. The molecule has 0 N–H and O–H groups in total. The van der Waals surface area contributed by atoms with Crippen molar-refractivity contribution in [3.63, 3.8) is 0 Å². The molecule has 1 aromatic heterocycles. The third-order valence-electron chi connectivity index (χ3n) is 5.07. The molecule has 6 nitrogen and oxygen atoms in total. The Balaban J connectivity index is 1.63. The summed E-state index contributed by atoms with van der Waals surface area (Å²) in [4.78, 5) is 9.65. The molecule has 1 aliphatic rings. The summed E-state index contributed by atoms with van der Waals surface area (Å²) in [6.07, 6.45) is -4.67. The molecule has 2 heterocycles. The number of aryl methyl sites for hydroxylation is 1. The van der Waals surface area contributed by atoms with E-state index in [0.29, 0.717) is 11.1 Å². The highest BCUT2D eigenvalue weighted by molar-refractivity contribution is 7.89. The number of nitrogens with zero attached hydrogens (tertiary/aromatic N) is 4. The van der Waals surface area contributed by atoms with Gasteiger partial charge in [0.1, 0.15) is 0 Å². The lowest BCUT2D eigenvalue weighted by Gasteiger charge is -2.35. The second kappa shape index (κ2) is 7.51. The monoisotopic (exact) mass is 436 g/mol. The van der Waals surface area contributed by atoms with Gasteiger partial charge in [-0.25, -0.2) is 18.4 Å². The van der Waals surface area contributed by atoms with Crippen LogP contribution in [-0.4, -0.2) is 48.9 Å². The van der Waals surface area contributed by atoms with E-state index in [1.54, 1.807) is 43.3 Å². The minimum atomic E-state index is -4.67. The van der Waals surface area contributed by atoms with Crippen molar-refractivity contribution in [1.82, 2.24) is 14.3 Å². The molecule has 1 saturated heterocycles. The number of anilines is 1. The summed E-state index contributed by atoms with van der Waals surface area (Å²) >= 11 is 0. The molecule has 1 aliphatic heterocycles. The van der Waals surface area contributed by atoms with Gasteiger partial charge >= 0.3 is 6.18 Å². The first kappa shape index (κ1) is 20.5. The third kappa shape index (κ3) is 3.72. The second-order valence-corrected chi connectivity index (χ2v) is 8.95. The molecule has 3 aromatic rings. The number of hydrogen-bond acceptors (Lipinski definition) is 5. The van der Waals surface area contributed by atoms with Gasteiger partial charge in [0.2, 0.25) is 10.0 Å². The Morgan fingerprint density at radius 3 is 2.03 bits per heavy atom. The zero-order chi connectivity index (χ0) is 21.5. The highest BCUT2D eigenvalue weighted by atomic mass is 32.2. The Labute approximate surface area is 172 Å². The Morgan fingerprint density at radius 2 is 1.43 bits per heavy atom. The fraction of sp³-hybridized carbons (Fsp3) is 0.300. The molecule has 0 aliphatic carbocycles. The molecule has 4 rings (SSSR count). The van der Waals surface area contributed by atoms with E-state index < -0.39 is 21.9 Å². The van der Waals surface area contributed by atoms with Crippen molar-refractivity contribution in [1.29, 1.82) is 0 Å². The van der Waals surface area contributed by atoms with Crippen LogP contribution in [0.5, 0.6) is 0 Å². The summed E-state index contributed by atoms with van der Waals surface area (Å²) in [7, 11) is -3.72. The number of rotatable bonds is 3. The molecule has 0 spiro atoms.